The van der Waals surface area contributed by atoms with Crippen LogP contribution < -0.4 is 20.2 Å². The monoisotopic (exact) mass is 465 g/mol. The summed E-state index contributed by atoms with van der Waals surface area (Å²) in [5.41, 5.74) is 4.66. The van der Waals surface area contributed by atoms with E-state index in [1.165, 1.54) is 25.3 Å². The minimum Gasteiger partial charge on any atom is -0.497 e. The summed E-state index contributed by atoms with van der Waals surface area (Å²) in [6, 6.07) is 10.7. The Labute approximate surface area is 195 Å². The number of carbonyl (C=O) groups excluding carboxylic acids is 2. The molecule has 0 spiro atoms. The molecule has 1 aliphatic rings. The number of nitrogens with one attached hydrogen (secondary N) is 2. The van der Waals surface area contributed by atoms with Gasteiger partial charge in [0.05, 0.1) is 31.2 Å². The minimum absolute atomic E-state index is 0.0969. The smallest absolute Gasteiger partial charge is 0.291 e. The van der Waals surface area contributed by atoms with Gasteiger partial charge in [0.2, 0.25) is 0 Å². The molecule has 8 nitrogen and oxygen atoms in total. The van der Waals surface area contributed by atoms with Crippen LogP contribution in [0.3, 0.4) is 0 Å². The lowest BCUT2D eigenvalue weighted by molar-refractivity contribution is 0.0949. The van der Waals surface area contributed by atoms with Crippen LogP contribution in [0.5, 0.6) is 11.5 Å². The number of methoxy groups -OCH3 is 2. The molecule has 2 aromatic carbocycles. The number of amides is 2. The van der Waals surface area contributed by atoms with Crippen molar-refractivity contribution in [3.05, 3.63) is 76.5 Å². The fourth-order valence-electron chi connectivity index (χ4n) is 3.90. The predicted molar refractivity (Wildman–Crippen MR) is 124 cm³/mol. The van der Waals surface area contributed by atoms with Gasteiger partial charge in [-0.05, 0) is 44.0 Å². The average molecular weight is 465 g/mol. The number of carbonyl (C=O) groups is 2. The maximum atomic E-state index is 13.9. The van der Waals surface area contributed by atoms with E-state index in [-0.39, 0.29) is 11.3 Å². The summed E-state index contributed by atoms with van der Waals surface area (Å²) < 4.78 is 30.3. The van der Waals surface area contributed by atoms with E-state index in [0.717, 1.165) is 6.42 Å². The summed E-state index contributed by atoms with van der Waals surface area (Å²) >= 11 is 0. The van der Waals surface area contributed by atoms with E-state index in [9.17, 15) is 14.0 Å². The fraction of sp³-hybridized carbons (Fsp3) is 0.240. The molecule has 0 bridgehead atoms. The average Bonchev–Trinajstić information content (AvgIpc) is 3.20. The normalized spacial score (nSPS) is 13.8. The first-order valence-electron chi connectivity index (χ1n) is 10.7. The number of benzene rings is 2. The lowest BCUT2D eigenvalue weighted by Gasteiger charge is -2.13. The van der Waals surface area contributed by atoms with Crippen LogP contribution in [0.25, 0.3) is 0 Å². The molecule has 0 saturated heterocycles. The molecule has 1 heterocycles. The van der Waals surface area contributed by atoms with Crippen LogP contribution in [0, 0.1) is 12.7 Å². The zero-order valence-electron chi connectivity index (χ0n) is 19.0. The van der Waals surface area contributed by atoms with E-state index in [4.69, 9.17) is 13.9 Å². The Bertz CT molecular complexity index is 1280. The Morgan fingerprint density at radius 2 is 1.85 bits per heavy atom. The van der Waals surface area contributed by atoms with Gasteiger partial charge < -0.3 is 19.2 Å². The van der Waals surface area contributed by atoms with E-state index in [1.54, 1.807) is 38.3 Å². The molecule has 0 saturated carbocycles. The van der Waals surface area contributed by atoms with Crippen molar-refractivity contribution in [2.75, 3.05) is 19.5 Å². The lowest BCUT2D eigenvalue weighted by atomic mass is 9.93. The highest BCUT2D eigenvalue weighted by Gasteiger charge is 2.28. The highest BCUT2D eigenvalue weighted by Crippen LogP contribution is 2.32. The van der Waals surface area contributed by atoms with Crippen molar-refractivity contribution < 1.29 is 27.9 Å². The van der Waals surface area contributed by atoms with Crippen LogP contribution in [0.2, 0.25) is 0 Å². The van der Waals surface area contributed by atoms with Crippen LogP contribution in [0.1, 0.15) is 50.6 Å². The fourth-order valence-corrected chi connectivity index (χ4v) is 3.90. The van der Waals surface area contributed by atoms with Crippen molar-refractivity contribution in [1.82, 2.24) is 5.43 Å². The molecule has 176 valence electrons. The van der Waals surface area contributed by atoms with Gasteiger partial charge in [-0.3, -0.25) is 9.59 Å². The molecule has 4 rings (SSSR count). The van der Waals surface area contributed by atoms with Crippen LogP contribution >= 0.6 is 0 Å². The quantitative estimate of drug-likeness (QED) is 0.523. The number of hydrogen-bond acceptors (Lipinski definition) is 6. The summed E-state index contributed by atoms with van der Waals surface area (Å²) in [5.74, 6) is 0.0930. The first-order chi connectivity index (χ1) is 16.4. The summed E-state index contributed by atoms with van der Waals surface area (Å²) in [7, 11) is 3.04. The van der Waals surface area contributed by atoms with Crippen molar-refractivity contribution in [3.8, 4) is 11.5 Å². The number of hydrogen-bond donors (Lipinski definition) is 2. The van der Waals surface area contributed by atoms with Gasteiger partial charge in [0.1, 0.15) is 23.1 Å². The highest BCUT2D eigenvalue weighted by molar-refractivity contribution is 6.10. The van der Waals surface area contributed by atoms with Gasteiger partial charge in [0.15, 0.2) is 5.76 Å². The Hall–Kier alpha value is -4.14. The van der Waals surface area contributed by atoms with E-state index >= 15 is 0 Å². The molecule has 0 radical (unpaired) electrons. The molecule has 9 heteroatoms. The predicted octanol–water partition coefficient (Wildman–Crippen LogP) is 4.47. The van der Waals surface area contributed by atoms with Crippen LogP contribution in [-0.4, -0.2) is 31.7 Å². The number of aryl methyl sites for hydroxylation is 1. The zero-order chi connectivity index (χ0) is 24.2. The molecule has 34 heavy (non-hydrogen) atoms. The SMILES string of the molecule is COc1ccc(NC(=O)c2oc3c(c2C)/C(=N/NC(=O)c2ccccc2F)CCC3)c(OC)c1. The summed E-state index contributed by atoms with van der Waals surface area (Å²) in [5, 5.41) is 7.04. The Morgan fingerprint density at radius 3 is 2.59 bits per heavy atom. The number of nitrogens with zero attached hydrogens (tertiary/aromatic N) is 1. The molecule has 2 amide bonds. The Balaban J connectivity index is 1.58. The van der Waals surface area contributed by atoms with E-state index in [2.05, 4.69) is 15.8 Å². The Kier molecular flexibility index (Phi) is 6.62. The maximum absolute atomic E-state index is 13.9. The van der Waals surface area contributed by atoms with Crippen molar-refractivity contribution in [2.45, 2.75) is 26.2 Å². The number of hydrazone groups is 1. The molecule has 0 atom stereocenters. The van der Waals surface area contributed by atoms with Crippen molar-refractivity contribution in [2.24, 2.45) is 5.10 Å². The van der Waals surface area contributed by atoms with Gasteiger partial charge in [0, 0.05) is 23.6 Å². The first-order valence-corrected chi connectivity index (χ1v) is 10.7. The second-order valence-electron chi connectivity index (χ2n) is 7.71. The van der Waals surface area contributed by atoms with Crippen molar-refractivity contribution >= 4 is 23.2 Å². The van der Waals surface area contributed by atoms with Crippen LogP contribution in [0.15, 0.2) is 52.0 Å². The molecular weight excluding hydrogens is 441 g/mol. The third-order valence-corrected chi connectivity index (χ3v) is 5.60. The van der Waals surface area contributed by atoms with Gasteiger partial charge in [-0.15, -0.1) is 0 Å². The lowest BCUT2D eigenvalue weighted by Crippen LogP contribution is -2.23. The highest BCUT2D eigenvalue weighted by atomic mass is 19.1. The topological polar surface area (TPSA) is 102 Å². The molecule has 0 aliphatic heterocycles. The van der Waals surface area contributed by atoms with E-state index < -0.39 is 17.6 Å². The van der Waals surface area contributed by atoms with Gasteiger partial charge in [-0.25, -0.2) is 9.82 Å². The second kappa shape index (κ2) is 9.78. The number of furan rings is 1. The summed E-state index contributed by atoms with van der Waals surface area (Å²) in [6.45, 7) is 1.77. The van der Waals surface area contributed by atoms with Gasteiger partial charge in [-0.2, -0.15) is 5.10 Å². The third kappa shape index (κ3) is 4.50. The maximum Gasteiger partial charge on any atom is 0.291 e. The molecule has 1 aromatic heterocycles. The van der Waals surface area contributed by atoms with E-state index in [0.29, 0.717) is 52.6 Å². The summed E-state index contributed by atoms with van der Waals surface area (Å²) in [6.07, 6.45) is 1.95. The second-order valence-corrected chi connectivity index (χ2v) is 7.71. The molecule has 3 aromatic rings. The van der Waals surface area contributed by atoms with Crippen molar-refractivity contribution in [3.63, 3.8) is 0 Å². The Morgan fingerprint density at radius 1 is 1.06 bits per heavy atom. The van der Waals surface area contributed by atoms with Gasteiger partial charge in [0.25, 0.3) is 11.8 Å². The number of rotatable bonds is 6. The first kappa shape index (κ1) is 23.0. The minimum atomic E-state index is -0.650. The number of fused-ring (bicyclic) bond motifs is 1. The van der Waals surface area contributed by atoms with Crippen molar-refractivity contribution in [1.29, 1.82) is 0 Å². The standard InChI is InChI=1S/C25H24FN3O5/c1-14-22-19(28-29-24(30)16-7-4-5-8-17(16)26)9-6-10-20(22)34-23(14)25(31)27-18-12-11-15(32-2)13-21(18)33-3/h4-5,7-8,11-13H,6,9-10H2,1-3H3,(H,27,31)(H,29,30)/b28-19+. The molecular formula is C25H24FN3O5. The zero-order valence-corrected chi connectivity index (χ0v) is 19.0. The largest absolute Gasteiger partial charge is 0.497 e. The molecule has 1 aliphatic carbocycles. The molecule has 0 fully saturated rings. The van der Waals surface area contributed by atoms with Gasteiger partial charge in [-0.1, -0.05) is 12.1 Å². The number of halogens is 1. The van der Waals surface area contributed by atoms with E-state index in [1.807, 2.05) is 0 Å². The number of anilines is 1. The van der Waals surface area contributed by atoms with Gasteiger partial charge >= 0.3 is 0 Å². The third-order valence-electron chi connectivity index (χ3n) is 5.60. The molecule has 2 N–H and O–H groups in total. The number of ether oxygens (including phenoxy) is 2. The van der Waals surface area contributed by atoms with Crippen LogP contribution in [-0.2, 0) is 6.42 Å². The molecule has 0 unspecified atom stereocenters. The summed E-state index contributed by atoms with van der Waals surface area (Å²) in [4.78, 5) is 25.4. The van der Waals surface area contributed by atoms with Crippen LogP contribution in [0.4, 0.5) is 10.1 Å².